The molecule has 0 amide bonds. The van der Waals surface area contributed by atoms with Crippen molar-refractivity contribution in [2.75, 3.05) is 17.9 Å². The van der Waals surface area contributed by atoms with Crippen LogP contribution in [0.15, 0.2) is 53.4 Å². The van der Waals surface area contributed by atoms with Gasteiger partial charge in [0.1, 0.15) is 18.5 Å². The van der Waals surface area contributed by atoms with Crippen molar-refractivity contribution in [1.82, 2.24) is 0 Å². The lowest BCUT2D eigenvalue weighted by molar-refractivity contribution is -0.139. The fourth-order valence-corrected chi connectivity index (χ4v) is 3.16. The fraction of sp³-hybridized carbons (Fsp3) is 0.250. The van der Waals surface area contributed by atoms with E-state index in [1.807, 2.05) is 0 Å². The van der Waals surface area contributed by atoms with Gasteiger partial charge >= 0.3 is 6.18 Å². The summed E-state index contributed by atoms with van der Waals surface area (Å²) in [4.78, 5) is -0.323. The molecule has 1 unspecified atom stereocenters. The minimum absolute atomic E-state index is 0.0707. The Kier molecular flexibility index (Phi) is 4.61. The van der Waals surface area contributed by atoms with E-state index in [4.69, 9.17) is 9.47 Å². The first-order valence-electron chi connectivity index (χ1n) is 7.29. The third-order valence-electron chi connectivity index (χ3n) is 3.42. The first-order chi connectivity index (χ1) is 11.8. The van der Waals surface area contributed by atoms with Gasteiger partial charge in [0.2, 0.25) is 0 Å². The quantitative estimate of drug-likeness (QED) is 0.789. The summed E-state index contributed by atoms with van der Waals surface area (Å²) in [5.74, 6) is -0.543. The number of hydrogen-bond donors (Lipinski definition) is 1. The summed E-state index contributed by atoms with van der Waals surface area (Å²) < 4.78 is 76.4. The van der Waals surface area contributed by atoms with E-state index >= 15 is 0 Å². The van der Waals surface area contributed by atoms with Crippen molar-refractivity contribution in [2.24, 2.45) is 0 Å². The Morgan fingerprint density at radius 3 is 2.44 bits per heavy atom. The molecular formula is C16H14F3NO4S. The van der Waals surface area contributed by atoms with Gasteiger partial charge < -0.3 is 9.47 Å². The van der Waals surface area contributed by atoms with E-state index in [0.29, 0.717) is 18.4 Å². The van der Waals surface area contributed by atoms with Crippen LogP contribution in [0.25, 0.3) is 0 Å². The Morgan fingerprint density at radius 1 is 1.16 bits per heavy atom. The highest BCUT2D eigenvalue weighted by Gasteiger charge is 2.36. The number of sulfonamides is 1. The van der Waals surface area contributed by atoms with E-state index in [1.165, 1.54) is 12.1 Å². The first-order valence-corrected chi connectivity index (χ1v) is 8.77. The summed E-state index contributed by atoms with van der Waals surface area (Å²) in [7, 11) is -4.05. The van der Waals surface area contributed by atoms with Crippen molar-refractivity contribution in [3.63, 3.8) is 0 Å². The molecule has 2 aromatic rings. The number of para-hydroxylation sites is 1. The molecule has 5 nitrogen and oxygen atoms in total. The van der Waals surface area contributed by atoms with Crippen LogP contribution < -0.4 is 9.46 Å². The van der Waals surface area contributed by atoms with Gasteiger partial charge in [-0.25, -0.2) is 8.42 Å². The Labute approximate surface area is 142 Å². The molecule has 1 aliphatic rings. The molecule has 1 heterocycles. The van der Waals surface area contributed by atoms with Crippen LogP contribution in [0.5, 0.6) is 5.75 Å². The molecular weight excluding hydrogens is 359 g/mol. The zero-order valence-corrected chi connectivity index (χ0v) is 13.6. The third-order valence-corrected chi connectivity index (χ3v) is 4.80. The normalized spacial score (nSPS) is 17.2. The largest absolute Gasteiger partial charge is 0.490 e. The van der Waals surface area contributed by atoms with E-state index in [2.05, 4.69) is 4.72 Å². The molecule has 0 aliphatic carbocycles. The standard InChI is InChI=1S/C16H14F3NO4S/c17-16(18,19)14-7-6-13(8-15(14)24-10-12-9-23-12)25(21,22)20-11-4-2-1-3-5-11/h1-8,12,20H,9-10H2. The molecule has 1 fully saturated rings. The maximum absolute atomic E-state index is 13.1. The van der Waals surface area contributed by atoms with Crippen LogP contribution in [0.4, 0.5) is 18.9 Å². The van der Waals surface area contributed by atoms with Crippen LogP contribution in [0, 0.1) is 0 Å². The maximum atomic E-state index is 13.1. The molecule has 0 radical (unpaired) electrons. The molecule has 1 N–H and O–H groups in total. The highest BCUT2D eigenvalue weighted by molar-refractivity contribution is 7.92. The van der Waals surface area contributed by atoms with Gasteiger partial charge in [0.25, 0.3) is 10.0 Å². The zero-order chi connectivity index (χ0) is 18.1. The Bertz CT molecular complexity index is 849. The van der Waals surface area contributed by atoms with Gasteiger partial charge in [-0.3, -0.25) is 4.72 Å². The lowest BCUT2D eigenvalue weighted by Gasteiger charge is -2.15. The van der Waals surface area contributed by atoms with Crippen LogP contribution in [0.3, 0.4) is 0 Å². The monoisotopic (exact) mass is 373 g/mol. The van der Waals surface area contributed by atoms with Crippen LogP contribution in [-0.4, -0.2) is 27.7 Å². The summed E-state index contributed by atoms with van der Waals surface area (Å²) in [5.41, 5.74) is -0.733. The molecule has 9 heteroatoms. The van der Waals surface area contributed by atoms with Crippen LogP contribution >= 0.6 is 0 Å². The molecule has 25 heavy (non-hydrogen) atoms. The predicted molar refractivity (Wildman–Crippen MR) is 83.9 cm³/mol. The van der Waals surface area contributed by atoms with Crippen molar-refractivity contribution in [2.45, 2.75) is 17.2 Å². The third kappa shape index (κ3) is 4.43. The number of nitrogens with one attached hydrogen (secondary N) is 1. The number of hydrogen-bond acceptors (Lipinski definition) is 4. The van der Waals surface area contributed by atoms with E-state index < -0.39 is 27.5 Å². The van der Waals surface area contributed by atoms with Crippen molar-refractivity contribution in [3.8, 4) is 5.75 Å². The highest BCUT2D eigenvalue weighted by Crippen LogP contribution is 2.38. The second-order valence-corrected chi connectivity index (χ2v) is 7.08. The van der Waals surface area contributed by atoms with Gasteiger partial charge in [-0.2, -0.15) is 13.2 Å². The van der Waals surface area contributed by atoms with Gasteiger partial charge in [0.05, 0.1) is 17.1 Å². The SMILES string of the molecule is O=S(=O)(Nc1ccccc1)c1ccc(C(F)(F)F)c(OCC2CO2)c1. The minimum Gasteiger partial charge on any atom is -0.490 e. The van der Waals surface area contributed by atoms with E-state index in [1.54, 1.807) is 18.2 Å². The Morgan fingerprint density at radius 2 is 1.84 bits per heavy atom. The maximum Gasteiger partial charge on any atom is 0.419 e. The van der Waals surface area contributed by atoms with Crippen molar-refractivity contribution in [3.05, 3.63) is 54.1 Å². The predicted octanol–water partition coefficient (Wildman–Crippen LogP) is 3.28. The Balaban J connectivity index is 1.91. The molecule has 0 saturated carbocycles. The number of anilines is 1. The lowest BCUT2D eigenvalue weighted by atomic mass is 10.2. The number of ether oxygens (including phenoxy) is 2. The minimum atomic E-state index is -4.66. The number of alkyl halides is 3. The molecule has 0 aromatic heterocycles. The first kappa shape index (κ1) is 17.6. The fourth-order valence-electron chi connectivity index (χ4n) is 2.09. The number of epoxide rings is 1. The number of rotatable bonds is 6. The second kappa shape index (κ2) is 6.57. The summed E-state index contributed by atoms with van der Waals surface area (Å²) in [6, 6.07) is 10.5. The highest BCUT2D eigenvalue weighted by atomic mass is 32.2. The van der Waals surface area contributed by atoms with Crippen molar-refractivity contribution in [1.29, 1.82) is 0 Å². The van der Waals surface area contributed by atoms with E-state index in [-0.39, 0.29) is 17.6 Å². The smallest absolute Gasteiger partial charge is 0.419 e. The molecule has 1 atom stereocenters. The zero-order valence-electron chi connectivity index (χ0n) is 12.8. The second-order valence-electron chi connectivity index (χ2n) is 5.39. The average molecular weight is 373 g/mol. The van der Waals surface area contributed by atoms with Gasteiger partial charge in [-0.15, -0.1) is 0 Å². The van der Waals surface area contributed by atoms with Crippen molar-refractivity contribution >= 4 is 15.7 Å². The van der Waals surface area contributed by atoms with Crippen LogP contribution in [-0.2, 0) is 20.9 Å². The van der Waals surface area contributed by atoms with Crippen molar-refractivity contribution < 1.29 is 31.1 Å². The average Bonchev–Trinajstić information content (AvgIpc) is 3.36. The van der Waals surface area contributed by atoms with Gasteiger partial charge in [0.15, 0.2) is 0 Å². The van der Waals surface area contributed by atoms with Gasteiger partial charge in [-0.05, 0) is 24.3 Å². The molecule has 0 bridgehead atoms. The molecule has 134 valence electrons. The summed E-state index contributed by atoms with van der Waals surface area (Å²) in [6.45, 7) is 0.341. The van der Waals surface area contributed by atoms with Crippen LogP contribution in [0.2, 0.25) is 0 Å². The molecule has 0 spiro atoms. The van der Waals surface area contributed by atoms with Gasteiger partial charge in [-0.1, -0.05) is 18.2 Å². The summed E-state index contributed by atoms with van der Waals surface area (Å²) >= 11 is 0. The summed E-state index contributed by atoms with van der Waals surface area (Å²) in [6.07, 6.45) is -4.92. The topological polar surface area (TPSA) is 67.9 Å². The summed E-state index contributed by atoms with van der Waals surface area (Å²) in [5, 5.41) is 0. The van der Waals surface area contributed by atoms with E-state index in [0.717, 1.165) is 12.1 Å². The molecule has 1 saturated heterocycles. The van der Waals surface area contributed by atoms with Gasteiger partial charge in [0, 0.05) is 11.8 Å². The molecule has 3 rings (SSSR count). The van der Waals surface area contributed by atoms with Crippen LogP contribution in [0.1, 0.15) is 5.56 Å². The lowest BCUT2D eigenvalue weighted by Crippen LogP contribution is -2.16. The van der Waals surface area contributed by atoms with E-state index in [9.17, 15) is 21.6 Å². The molecule has 2 aromatic carbocycles. The molecule has 1 aliphatic heterocycles. The Hall–Kier alpha value is -2.26. The number of halogens is 3. The number of benzene rings is 2.